The van der Waals surface area contributed by atoms with Gasteiger partial charge in [0.25, 0.3) is 0 Å². The van der Waals surface area contributed by atoms with Gasteiger partial charge in [0.05, 0.1) is 42.0 Å². The molecule has 11 heteroatoms. The second-order valence-electron chi connectivity index (χ2n) is 10.1. The first kappa shape index (κ1) is 25.4. The number of benzene rings is 2. The summed E-state index contributed by atoms with van der Waals surface area (Å²) in [6.45, 7) is 6.20. The van der Waals surface area contributed by atoms with E-state index in [9.17, 15) is 14.3 Å². The van der Waals surface area contributed by atoms with Gasteiger partial charge in [-0.1, -0.05) is 6.92 Å². The van der Waals surface area contributed by atoms with Gasteiger partial charge < -0.3 is 19.7 Å². The van der Waals surface area contributed by atoms with Crippen molar-refractivity contribution in [3.8, 4) is 28.4 Å². The lowest BCUT2D eigenvalue weighted by Crippen LogP contribution is -2.43. The molecule has 39 heavy (non-hydrogen) atoms. The number of carbonyl (C=O) groups is 1. The summed E-state index contributed by atoms with van der Waals surface area (Å²) in [7, 11) is 0. The molecule has 1 saturated heterocycles. The standard InChI is InChI=1S/C28H30F2N6O3/c1-2-16-12-24(37)19(29)13-18(16)17-10-20(30)26-22(11-17)33-34-27(26)28-31-21-4-6-36(14-23(21)32-28)25(38)15-35-5-3-8-39-9-7-35/h10-13,37H,2-9,14-15H2,1H3,(H,31,32)(H,33,34). The Morgan fingerprint density at radius 3 is 2.85 bits per heavy atom. The zero-order valence-electron chi connectivity index (χ0n) is 21.7. The van der Waals surface area contributed by atoms with Crippen molar-refractivity contribution in [1.29, 1.82) is 0 Å². The van der Waals surface area contributed by atoms with E-state index in [0.717, 1.165) is 37.5 Å². The number of carbonyl (C=O) groups excluding carboxylic acids is 1. The first-order valence-corrected chi connectivity index (χ1v) is 13.3. The van der Waals surface area contributed by atoms with Crippen LogP contribution in [0.2, 0.25) is 0 Å². The van der Waals surface area contributed by atoms with Crippen molar-refractivity contribution in [3.63, 3.8) is 0 Å². The zero-order chi connectivity index (χ0) is 27.1. The molecule has 2 aliphatic rings. The second kappa shape index (κ2) is 10.4. The number of hydrogen-bond acceptors (Lipinski definition) is 6. The number of aromatic hydroxyl groups is 1. The molecule has 0 radical (unpaired) electrons. The average molecular weight is 537 g/mol. The zero-order valence-corrected chi connectivity index (χ0v) is 21.7. The maximum absolute atomic E-state index is 15.5. The van der Waals surface area contributed by atoms with E-state index >= 15 is 4.39 Å². The lowest BCUT2D eigenvalue weighted by molar-refractivity contribution is -0.133. The van der Waals surface area contributed by atoms with Crippen LogP contribution in [0.5, 0.6) is 5.75 Å². The number of imidazole rings is 1. The third-order valence-electron chi connectivity index (χ3n) is 7.56. The molecule has 2 aliphatic heterocycles. The minimum Gasteiger partial charge on any atom is -0.505 e. The summed E-state index contributed by atoms with van der Waals surface area (Å²) in [6, 6.07) is 5.66. The predicted octanol–water partition coefficient (Wildman–Crippen LogP) is 3.77. The number of fused-ring (bicyclic) bond motifs is 2. The van der Waals surface area contributed by atoms with E-state index in [2.05, 4.69) is 25.1 Å². The summed E-state index contributed by atoms with van der Waals surface area (Å²) in [4.78, 5) is 24.9. The lowest BCUT2D eigenvalue weighted by atomic mass is 9.96. The molecule has 1 amide bonds. The van der Waals surface area contributed by atoms with Gasteiger partial charge in [-0.05, 0) is 53.8 Å². The van der Waals surface area contributed by atoms with Crippen LogP contribution in [0.1, 0.15) is 30.3 Å². The molecule has 0 aliphatic carbocycles. The highest BCUT2D eigenvalue weighted by Gasteiger charge is 2.27. The summed E-state index contributed by atoms with van der Waals surface area (Å²) in [5.41, 5.74) is 4.16. The predicted molar refractivity (Wildman–Crippen MR) is 141 cm³/mol. The fraction of sp³-hybridized carbons (Fsp3) is 0.393. The Balaban J connectivity index is 1.26. The maximum Gasteiger partial charge on any atom is 0.237 e. The number of ether oxygens (including phenoxy) is 1. The van der Waals surface area contributed by atoms with Crippen LogP contribution in [0.15, 0.2) is 24.3 Å². The SMILES string of the molecule is CCc1cc(O)c(F)cc1-c1cc(F)c2c(-c3nc4c([nH]3)CN(C(=O)CN3CCCOCC3)CC4)n[nH]c2c1. The molecule has 4 aromatic rings. The van der Waals surface area contributed by atoms with Crippen molar-refractivity contribution < 1.29 is 23.4 Å². The molecular formula is C28H30F2N6O3. The summed E-state index contributed by atoms with van der Waals surface area (Å²) in [5, 5.41) is 17.3. The number of amides is 1. The Kier molecular flexibility index (Phi) is 6.78. The van der Waals surface area contributed by atoms with Crippen molar-refractivity contribution in [2.45, 2.75) is 32.7 Å². The topological polar surface area (TPSA) is 110 Å². The van der Waals surface area contributed by atoms with Crippen molar-refractivity contribution in [2.75, 3.05) is 39.4 Å². The number of phenolic OH excluding ortho intramolecular Hbond substituents is 1. The summed E-state index contributed by atoms with van der Waals surface area (Å²) in [5.74, 6) is -1.21. The van der Waals surface area contributed by atoms with Gasteiger partial charge in [0.15, 0.2) is 17.4 Å². The van der Waals surface area contributed by atoms with Crippen LogP contribution in [-0.2, 0) is 28.9 Å². The molecule has 0 atom stereocenters. The van der Waals surface area contributed by atoms with Gasteiger partial charge in [0.1, 0.15) is 11.5 Å². The lowest BCUT2D eigenvalue weighted by Gasteiger charge is -2.29. The Bertz CT molecular complexity index is 1540. The minimum absolute atomic E-state index is 0.0691. The Morgan fingerprint density at radius 2 is 2.00 bits per heavy atom. The molecule has 0 bridgehead atoms. The molecule has 2 aromatic carbocycles. The van der Waals surface area contributed by atoms with Gasteiger partial charge in [0.2, 0.25) is 5.91 Å². The van der Waals surface area contributed by atoms with Crippen LogP contribution in [0, 0.1) is 11.6 Å². The number of halogens is 2. The molecule has 3 N–H and O–H groups in total. The van der Waals surface area contributed by atoms with Crippen LogP contribution in [0.3, 0.4) is 0 Å². The molecule has 9 nitrogen and oxygen atoms in total. The molecule has 6 rings (SSSR count). The van der Waals surface area contributed by atoms with Crippen molar-refractivity contribution in [1.82, 2.24) is 30.0 Å². The van der Waals surface area contributed by atoms with E-state index in [1.54, 1.807) is 6.07 Å². The normalized spacial score (nSPS) is 16.4. The molecular weight excluding hydrogens is 506 g/mol. The summed E-state index contributed by atoms with van der Waals surface area (Å²) in [6.07, 6.45) is 2.06. The highest BCUT2D eigenvalue weighted by Crippen LogP contribution is 2.35. The fourth-order valence-electron chi connectivity index (χ4n) is 5.47. The third-order valence-corrected chi connectivity index (χ3v) is 7.56. The first-order chi connectivity index (χ1) is 18.9. The number of rotatable bonds is 5. The molecule has 2 aromatic heterocycles. The van der Waals surface area contributed by atoms with Gasteiger partial charge in [0, 0.05) is 32.7 Å². The van der Waals surface area contributed by atoms with Crippen molar-refractivity contribution in [3.05, 3.63) is 52.9 Å². The highest BCUT2D eigenvalue weighted by molar-refractivity contribution is 5.94. The smallest absolute Gasteiger partial charge is 0.237 e. The van der Waals surface area contributed by atoms with E-state index in [-0.39, 0.29) is 11.3 Å². The number of hydrogen-bond donors (Lipinski definition) is 3. The number of aromatic amines is 2. The van der Waals surface area contributed by atoms with Crippen LogP contribution in [-0.4, -0.2) is 80.4 Å². The Hall–Kier alpha value is -3.83. The number of phenols is 1. The number of nitrogens with zero attached hydrogens (tertiary/aromatic N) is 4. The number of nitrogens with one attached hydrogen (secondary N) is 2. The highest BCUT2D eigenvalue weighted by atomic mass is 19.1. The van der Waals surface area contributed by atoms with Gasteiger partial charge in [-0.15, -0.1) is 0 Å². The van der Waals surface area contributed by atoms with Crippen molar-refractivity contribution in [2.24, 2.45) is 0 Å². The van der Waals surface area contributed by atoms with Gasteiger partial charge >= 0.3 is 0 Å². The monoisotopic (exact) mass is 536 g/mol. The van der Waals surface area contributed by atoms with Crippen LogP contribution >= 0.6 is 0 Å². The molecule has 4 heterocycles. The number of aromatic nitrogens is 4. The molecule has 0 saturated carbocycles. The van der Waals surface area contributed by atoms with Gasteiger partial charge in [-0.3, -0.25) is 14.8 Å². The van der Waals surface area contributed by atoms with Gasteiger partial charge in [-0.2, -0.15) is 5.10 Å². The van der Waals surface area contributed by atoms with E-state index in [1.807, 2.05) is 11.8 Å². The number of aryl methyl sites for hydroxylation is 1. The third kappa shape index (κ3) is 4.87. The summed E-state index contributed by atoms with van der Waals surface area (Å²) >= 11 is 0. The van der Waals surface area contributed by atoms with E-state index in [1.165, 1.54) is 18.2 Å². The summed E-state index contributed by atoms with van der Waals surface area (Å²) < 4.78 is 35.1. The van der Waals surface area contributed by atoms with E-state index < -0.39 is 17.4 Å². The van der Waals surface area contributed by atoms with Crippen LogP contribution in [0.4, 0.5) is 8.78 Å². The largest absolute Gasteiger partial charge is 0.505 e. The second-order valence-corrected chi connectivity index (χ2v) is 10.1. The van der Waals surface area contributed by atoms with Crippen molar-refractivity contribution >= 4 is 16.8 Å². The first-order valence-electron chi connectivity index (χ1n) is 13.3. The van der Waals surface area contributed by atoms with Crippen LogP contribution < -0.4 is 0 Å². The minimum atomic E-state index is -0.762. The molecule has 204 valence electrons. The van der Waals surface area contributed by atoms with Gasteiger partial charge in [-0.25, -0.2) is 13.8 Å². The molecule has 1 fully saturated rings. The quantitative estimate of drug-likeness (QED) is 0.358. The fourth-order valence-corrected chi connectivity index (χ4v) is 5.47. The Labute approximate surface area is 223 Å². The van der Waals surface area contributed by atoms with Crippen LogP contribution in [0.25, 0.3) is 33.5 Å². The maximum atomic E-state index is 15.5. The molecule has 0 unspecified atom stereocenters. The molecule has 0 spiro atoms. The van der Waals surface area contributed by atoms with E-state index in [0.29, 0.717) is 72.8 Å². The van der Waals surface area contributed by atoms with E-state index in [4.69, 9.17) is 4.74 Å². The Morgan fingerprint density at radius 1 is 1.13 bits per heavy atom. The average Bonchev–Trinajstić information content (AvgIpc) is 3.46. The number of H-pyrrole nitrogens is 2.